The number of halogens is 1. The third-order valence-electron chi connectivity index (χ3n) is 2.30. The highest BCUT2D eigenvalue weighted by molar-refractivity contribution is 7.17. The van der Waals surface area contributed by atoms with Crippen LogP contribution >= 0.6 is 22.9 Å². The first-order valence-corrected chi connectivity index (χ1v) is 5.81. The van der Waals surface area contributed by atoms with Crippen molar-refractivity contribution in [2.45, 2.75) is 12.1 Å². The van der Waals surface area contributed by atoms with Crippen LogP contribution in [0.4, 0.5) is 0 Å². The number of thiophene rings is 1. The second-order valence-corrected chi connectivity index (χ2v) is 5.12. The average Bonchev–Trinajstić information content (AvgIpc) is 2.77. The predicted octanol–water partition coefficient (Wildman–Crippen LogP) is 0.464. The number of hydrogen-bond acceptors (Lipinski definition) is 4. The van der Waals surface area contributed by atoms with E-state index in [4.69, 9.17) is 11.6 Å². The second kappa shape index (κ2) is 4.49. The quantitative estimate of drug-likeness (QED) is 0.711. The smallest absolute Gasteiger partial charge is 0.261 e. The van der Waals surface area contributed by atoms with Crippen molar-refractivity contribution in [1.82, 2.24) is 10.6 Å². The lowest BCUT2D eigenvalue weighted by Gasteiger charge is -2.14. The van der Waals surface area contributed by atoms with Gasteiger partial charge in [0.25, 0.3) is 5.91 Å². The highest BCUT2D eigenvalue weighted by atomic mass is 35.5. The molecular formula is C9H11ClN2O2S. The van der Waals surface area contributed by atoms with Gasteiger partial charge in [-0.05, 0) is 12.1 Å². The SMILES string of the molecule is O=C(N[C@H]1CNC[C@@H]1O)c1ccc(Cl)s1. The van der Waals surface area contributed by atoms with Gasteiger partial charge in [0.15, 0.2) is 0 Å². The maximum atomic E-state index is 11.7. The van der Waals surface area contributed by atoms with Gasteiger partial charge in [-0.15, -0.1) is 11.3 Å². The number of nitrogens with one attached hydrogen (secondary N) is 2. The van der Waals surface area contributed by atoms with E-state index >= 15 is 0 Å². The van der Waals surface area contributed by atoms with Crippen LogP contribution in [0.15, 0.2) is 12.1 Å². The fourth-order valence-corrected chi connectivity index (χ4v) is 2.43. The number of aliphatic hydroxyl groups is 1. The van der Waals surface area contributed by atoms with Gasteiger partial charge in [-0.2, -0.15) is 0 Å². The largest absolute Gasteiger partial charge is 0.390 e. The van der Waals surface area contributed by atoms with Crippen molar-refractivity contribution in [1.29, 1.82) is 0 Å². The molecule has 1 fully saturated rings. The molecule has 0 unspecified atom stereocenters. The number of hydrogen-bond donors (Lipinski definition) is 3. The molecule has 0 spiro atoms. The van der Waals surface area contributed by atoms with E-state index in [1.165, 1.54) is 11.3 Å². The maximum Gasteiger partial charge on any atom is 0.261 e. The molecule has 1 aliphatic rings. The van der Waals surface area contributed by atoms with Crippen LogP contribution in [0.25, 0.3) is 0 Å². The van der Waals surface area contributed by atoms with Crippen LogP contribution < -0.4 is 10.6 Å². The van der Waals surface area contributed by atoms with Crippen molar-refractivity contribution in [3.8, 4) is 0 Å². The van der Waals surface area contributed by atoms with E-state index in [0.29, 0.717) is 22.3 Å². The molecule has 3 N–H and O–H groups in total. The number of aliphatic hydroxyl groups excluding tert-OH is 1. The third-order valence-corrected chi connectivity index (χ3v) is 3.53. The maximum absolute atomic E-state index is 11.7. The van der Waals surface area contributed by atoms with Crippen LogP contribution in [0.5, 0.6) is 0 Å². The summed E-state index contributed by atoms with van der Waals surface area (Å²) in [6.45, 7) is 1.13. The molecule has 1 saturated heterocycles. The Hall–Kier alpha value is -0.620. The Bertz CT molecular complexity index is 369. The van der Waals surface area contributed by atoms with E-state index in [2.05, 4.69) is 10.6 Å². The van der Waals surface area contributed by atoms with Gasteiger partial charge in [-0.25, -0.2) is 0 Å². The first kappa shape index (κ1) is 10.9. The van der Waals surface area contributed by atoms with E-state index in [-0.39, 0.29) is 11.9 Å². The summed E-state index contributed by atoms with van der Waals surface area (Å²) in [6.07, 6.45) is -0.510. The van der Waals surface area contributed by atoms with Gasteiger partial charge in [0.05, 0.1) is 21.4 Å². The standard InChI is InChI=1S/C9H11ClN2O2S/c10-8-2-1-7(15-8)9(14)12-5-3-11-4-6(5)13/h1-2,5-6,11,13H,3-4H2,(H,12,14)/t5-,6-/m0/s1. The number of carbonyl (C=O) groups excluding carboxylic acids is 1. The zero-order valence-corrected chi connectivity index (χ0v) is 9.44. The molecule has 0 saturated carbocycles. The van der Waals surface area contributed by atoms with E-state index in [1.807, 2.05) is 0 Å². The highest BCUT2D eigenvalue weighted by Gasteiger charge is 2.26. The summed E-state index contributed by atoms with van der Waals surface area (Å²) in [5, 5.41) is 15.2. The van der Waals surface area contributed by atoms with Crippen LogP contribution in [0.1, 0.15) is 9.67 Å². The number of β-amino-alcohol motifs (C(OH)–C–C–N with tert-alkyl or cyclic N) is 1. The Balaban J connectivity index is 1.97. The van der Waals surface area contributed by atoms with Crippen LogP contribution in [-0.4, -0.2) is 36.2 Å². The summed E-state index contributed by atoms with van der Waals surface area (Å²) < 4.78 is 0.588. The normalized spacial score (nSPS) is 25.5. The third kappa shape index (κ3) is 2.49. The van der Waals surface area contributed by atoms with Gasteiger partial charge in [0, 0.05) is 13.1 Å². The molecule has 82 valence electrons. The van der Waals surface area contributed by atoms with Gasteiger partial charge < -0.3 is 15.7 Å². The van der Waals surface area contributed by atoms with E-state index < -0.39 is 6.10 Å². The van der Waals surface area contributed by atoms with Crippen molar-refractivity contribution in [3.05, 3.63) is 21.3 Å². The molecule has 0 aliphatic carbocycles. The Kier molecular flexibility index (Phi) is 3.25. The molecule has 2 heterocycles. The minimum atomic E-state index is -0.510. The average molecular weight is 247 g/mol. The van der Waals surface area contributed by atoms with Gasteiger partial charge in [0.1, 0.15) is 0 Å². The number of rotatable bonds is 2. The van der Waals surface area contributed by atoms with E-state index in [1.54, 1.807) is 12.1 Å². The first-order valence-electron chi connectivity index (χ1n) is 4.62. The molecule has 1 aromatic rings. The number of amides is 1. The monoisotopic (exact) mass is 246 g/mol. The van der Waals surface area contributed by atoms with Gasteiger partial charge in [-0.3, -0.25) is 4.79 Å². The highest BCUT2D eigenvalue weighted by Crippen LogP contribution is 2.21. The zero-order chi connectivity index (χ0) is 10.8. The molecule has 2 rings (SSSR count). The minimum Gasteiger partial charge on any atom is -0.390 e. The van der Waals surface area contributed by atoms with Gasteiger partial charge >= 0.3 is 0 Å². The molecule has 0 radical (unpaired) electrons. The van der Waals surface area contributed by atoms with Crippen LogP contribution in [0, 0.1) is 0 Å². The molecule has 1 aromatic heterocycles. The molecule has 1 aliphatic heterocycles. The fourth-order valence-electron chi connectivity index (χ4n) is 1.49. The Labute approximate surface area is 96.2 Å². The van der Waals surface area contributed by atoms with Crippen molar-refractivity contribution in [2.24, 2.45) is 0 Å². The van der Waals surface area contributed by atoms with Crippen LogP contribution in [0.3, 0.4) is 0 Å². The fraction of sp³-hybridized carbons (Fsp3) is 0.444. The van der Waals surface area contributed by atoms with Gasteiger partial charge in [0.2, 0.25) is 0 Å². The van der Waals surface area contributed by atoms with Crippen molar-refractivity contribution in [2.75, 3.05) is 13.1 Å². The molecule has 4 nitrogen and oxygen atoms in total. The minimum absolute atomic E-state index is 0.181. The van der Waals surface area contributed by atoms with Crippen molar-refractivity contribution in [3.63, 3.8) is 0 Å². The van der Waals surface area contributed by atoms with Crippen molar-refractivity contribution < 1.29 is 9.90 Å². The Morgan fingerprint density at radius 3 is 2.93 bits per heavy atom. The second-order valence-electron chi connectivity index (χ2n) is 3.41. The van der Waals surface area contributed by atoms with Crippen molar-refractivity contribution >= 4 is 28.8 Å². The molecule has 15 heavy (non-hydrogen) atoms. The topological polar surface area (TPSA) is 61.4 Å². The lowest BCUT2D eigenvalue weighted by molar-refractivity contribution is 0.0892. The first-order chi connectivity index (χ1) is 7.16. The lowest BCUT2D eigenvalue weighted by Crippen LogP contribution is -2.42. The summed E-state index contributed by atoms with van der Waals surface area (Å²) in [6, 6.07) is 3.15. The molecular weight excluding hydrogens is 236 g/mol. The molecule has 6 heteroatoms. The van der Waals surface area contributed by atoms with Crippen LogP contribution in [0.2, 0.25) is 4.34 Å². The summed E-state index contributed by atoms with van der Waals surface area (Å²) in [5.41, 5.74) is 0. The number of carbonyl (C=O) groups is 1. The molecule has 0 aromatic carbocycles. The molecule has 0 bridgehead atoms. The zero-order valence-electron chi connectivity index (χ0n) is 7.87. The lowest BCUT2D eigenvalue weighted by atomic mass is 10.2. The molecule has 1 amide bonds. The Morgan fingerprint density at radius 2 is 2.40 bits per heavy atom. The predicted molar refractivity (Wildman–Crippen MR) is 59.5 cm³/mol. The summed E-state index contributed by atoms with van der Waals surface area (Å²) in [5.74, 6) is -0.181. The van der Waals surface area contributed by atoms with Crippen LogP contribution in [-0.2, 0) is 0 Å². The van der Waals surface area contributed by atoms with Gasteiger partial charge in [-0.1, -0.05) is 11.6 Å². The van der Waals surface area contributed by atoms with E-state index in [9.17, 15) is 9.90 Å². The summed E-state index contributed by atoms with van der Waals surface area (Å²) >= 11 is 6.96. The molecule has 2 atom stereocenters. The summed E-state index contributed by atoms with van der Waals surface area (Å²) in [4.78, 5) is 12.2. The van der Waals surface area contributed by atoms with E-state index in [0.717, 1.165) is 0 Å². The summed E-state index contributed by atoms with van der Waals surface area (Å²) in [7, 11) is 0. The Morgan fingerprint density at radius 1 is 1.60 bits per heavy atom.